The number of hydrogen-bond donors (Lipinski definition) is 1. The van der Waals surface area contributed by atoms with Crippen molar-refractivity contribution in [2.75, 3.05) is 5.32 Å². The van der Waals surface area contributed by atoms with Crippen molar-refractivity contribution in [2.24, 2.45) is 17.8 Å². The summed E-state index contributed by atoms with van der Waals surface area (Å²) in [4.78, 5) is 12.3. The maximum absolute atomic E-state index is 12.3. The molecule has 0 heterocycles. The summed E-state index contributed by atoms with van der Waals surface area (Å²) in [6.45, 7) is 0. The Morgan fingerprint density at radius 2 is 1.65 bits per heavy atom. The molecule has 0 aromatic heterocycles. The largest absolute Gasteiger partial charge is 0.426 e. The molecule has 2 aromatic carbocycles. The third-order valence-electron chi connectivity index (χ3n) is 4.72. The first-order valence-electron chi connectivity index (χ1n) is 8.10. The van der Waals surface area contributed by atoms with Gasteiger partial charge in [0.2, 0.25) is 0 Å². The number of carbonyl (C=O) groups excluding carboxylic acids is 1. The van der Waals surface area contributed by atoms with Gasteiger partial charge in [-0.05, 0) is 61.1 Å². The molecule has 116 valence electrons. The third-order valence-corrected chi connectivity index (χ3v) is 4.72. The van der Waals surface area contributed by atoms with Gasteiger partial charge in [0.05, 0.1) is 5.92 Å². The highest BCUT2D eigenvalue weighted by Crippen LogP contribution is 2.44. The van der Waals surface area contributed by atoms with Crippen LogP contribution in [0.1, 0.15) is 12.8 Å². The normalized spacial score (nSPS) is 24.6. The number of ether oxygens (including phenoxy) is 1. The number of hydrogen-bond acceptors (Lipinski definition) is 3. The second-order valence-electron chi connectivity index (χ2n) is 6.32. The molecule has 0 spiro atoms. The molecule has 0 radical (unpaired) electrons. The van der Waals surface area contributed by atoms with E-state index in [1.165, 1.54) is 0 Å². The van der Waals surface area contributed by atoms with Crippen LogP contribution in [0.5, 0.6) is 5.75 Å². The molecule has 4 rings (SSSR count). The van der Waals surface area contributed by atoms with Crippen molar-refractivity contribution in [1.82, 2.24) is 0 Å². The summed E-state index contributed by atoms with van der Waals surface area (Å²) < 4.78 is 5.56. The zero-order valence-corrected chi connectivity index (χ0v) is 12.8. The lowest BCUT2D eigenvalue weighted by atomic mass is 9.94. The first-order chi connectivity index (χ1) is 11.3. The van der Waals surface area contributed by atoms with Gasteiger partial charge in [-0.15, -0.1) is 0 Å². The summed E-state index contributed by atoms with van der Waals surface area (Å²) in [7, 11) is 0. The number of nitrogens with one attached hydrogen (secondary N) is 1. The highest BCUT2D eigenvalue weighted by Gasteiger charge is 2.40. The molecule has 3 atom stereocenters. The Balaban J connectivity index is 1.38. The van der Waals surface area contributed by atoms with Crippen molar-refractivity contribution in [2.45, 2.75) is 12.8 Å². The van der Waals surface area contributed by atoms with Crippen molar-refractivity contribution in [3.63, 3.8) is 0 Å². The average molecular weight is 305 g/mol. The number of para-hydroxylation sites is 1. The average Bonchev–Trinajstić information content (AvgIpc) is 3.21. The molecular formula is C20H19NO2. The van der Waals surface area contributed by atoms with E-state index in [-0.39, 0.29) is 11.9 Å². The van der Waals surface area contributed by atoms with Crippen LogP contribution in [0, 0.1) is 17.8 Å². The van der Waals surface area contributed by atoms with E-state index in [1.54, 1.807) is 0 Å². The molecule has 0 saturated heterocycles. The van der Waals surface area contributed by atoms with Gasteiger partial charge in [-0.25, -0.2) is 0 Å². The third kappa shape index (κ3) is 3.00. The number of allylic oxidation sites excluding steroid dienone is 2. The predicted octanol–water partition coefficient (Wildman–Crippen LogP) is 4.55. The molecule has 2 bridgehead atoms. The fourth-order valence-electron chi connectivity index (χ4n) is 3.54. The van der Waals surface area contributed by atoms with Crippen LogP contribution in [-0.4, -0.2) is 5.97 Å². The summed E-state index contributed by atoms with van der Waals surface area (Å²) in [5.74, 6) is 1.51. The molecule has 1 saturated carbocycles. The van der Waals surface area contributed by atoms with Crippen LogP contribution in [0.3, 0.4) is 0 Å². The van der Waals surface area contributed by atoms with Crippen molar-refractivity contribution >= 4 is 17.3 Å². The molecule has 0 aliphatic heterocycles. The monoisotopic (exact) mass is 305 g/mol. The fraction of sp³-hybridized carbons (Fsp3) is 0.250. The molecular weight excluding hydrogens is 286 g/mol. The van der Waals surface area contributed by atoms with Gasteiger partial charge in [-0.2, -0.15) is 0 Å². The number of esters is 1. The standard InChI is InChI=1S/C20H19NO2/c22-20(19-13-14-6-7-15(19)12-14)23-18-10-8-17(9-11-18)21-16-4-2-1-3-5-16/h1-11,14-15,19,21H,12-13H2. The first-order valence-corrected chi connectivity index (χ1v) is 8.10. The van der Waals surface area contributed by atoms with E-state index in [1.807, 2.05) is 54.6 Å². The Morgan fingerprint density at radius 3 is 2.30 bits per heavy atom. The molecule has 23 heavy (non-hydrogen) atoms. The van der Waals surface area contributed by atoms with Crippen molar-refractivity contribution in [1.29, 1.82) is 0 Å². The first kappa shape index (κ1) is 14.1. The van der Waals surface area contributed by atoms with Crippen LogP contribution in [0.4, 0.5) is 11.4 Å². The van der Waals surface area contributed by atoms with Gasteiger partial charge in [0.1, 0.15) is 5.75 Å². The predicted molar refractivity (Wildman–Crippen MR) is 90.6 cm³/mol. The second kappa shape index (κ2) is 5.92. The van der Waals surface area contributed by atoms with E-state index in [2.05, 4.69) is 17.5 Å². The van der Waals surface area contributed by atoms with Crippen LogP contribution in [0.25, 0.3) is 0 Å². The van der Waals surface area contributed by atoms with Crippen LogP contribution in [0.2, 0.25) is 0 Å². The van der Waals surface area contributed by atoms with Crippen LogP contribution >= 0.6 is 0 Å². The van der Waals surface area contributed by atoms with Gasteiger partial charge in [0.25, 0.3) is 0 Å². The SMILES string of the molecule is O=C(Oc1ccc(Nc2ccccc2)cc1)C1CC2C=CC1C2. The second-order valence-corrected chi connectivity index (χ2v) is 6.32. The van der Waals surface area contributed by atoms with E-state index >= 15 is 0 Å². The molecule has 3 nitrogen and oxygen atoms in total. The molecule has 0 amide bonds. The molecule has 2 aliphatic carbocycles. The Bertz CT molecular complexity index is 721. The molecule has 1 N–H and O–H groups in total. The lowest BCUT2D eigenvalue weighted by molar-refractivity contribution is -0.139. The van der Waals surface area contributed by atoms with Gasteiger partial charge in [-0.3, -0.25) is 4.79 Å². The topological polar surface area (TPSA) is 38.3 Å². The minimum absolute atomic E-state index is 0.0344. The quantitative estimate of drug-likeness (QED) is 0.512. The highest BCUT2D eigenvalue weighted by atomic mass is 16.5. The maximum atomic E-state index is 12.3. The zero-order chi connectivity index (χ0) is 15.6. The van der Waals surface area contributed by atoms with Crippen LogP contribution in [0.15, 0.2) is 66.7 Å². The Kier molecular flexibility index (Phi) is 3.62. The van der Waals surface area contributed by atoms with Crippen LogP contribution < -0.4 is 10.1 Å². The maximum Gasteiger partial charge on any atom is 0.314 e. The van der Waals surface area contributed by atoms with E-state index < -0.39 is 0 Å². The molecule has 3 unspecified atom stereocenters. The smallest absolute Gasteiger partial charge is 0.314 e. The number of carbonyl (C=O) groups is 1. The number of benzene rings is 2. The van der Waals surface area contributed by atoms with Gasteiger partial charge in [-0.1, -0.05) is 30.4 Å². The molecule has 2 aliphatic rings. The Morgan fingerprint density at radius 1 is 0.913 bits per heavy atom. The van der Waals surface area contributed by atoms with E-state index in [0.717, 1.165) is 24.2 Å². The Labute approximate surface area is 136 Å². The summed E-state index contributed by atoms with van der Waals surface area (Å²) >= 11 is 0. The Hall–Kier alpha value is -2.55. The number of fused-ring (bicyclic) bond motifs is 2. The molecule has 2 aromatic rings. The van der Waals surface area contributed by atoms with Crippen LogP contribution in [-0.2, 0) is 4.79 Å². The van der Waals surface area contributed by atoms with Crippen molar-refractivity contribution in [3.05, 3.63) is 66.7 Å². The van der Waals surface area contributed by atoms with Gasteiger partial charge >= 0.3 is 5.97 Å². The van der Waals surface area contributed by atoms with E-state index in [0.29, 0.717) is 17.6 Å². The van der Waals surface area contributed by atoms with E-state index in [9.17, 15) is 4.79 Å². The molecule has 3 heteroatoms. The van der Waals surface area contributed by atoms with Crippen molar-refractivity contribution < 1.29 is 9.53 Å². The summed E-state index contributed by atoms with van der Waals surface area (Å²) in [5.41, 5.74) is 2.00. The summed E-state index contributed by atoms with van der Waals surface area (Å²) in [6.07, 6.45) is 6.46. The highest BCUT2D eigenvalue weighted by molar-refractivity contribution is 5.76. The van der Waals surface area contributed by atoms with Gasteiger partial charge < -0.3 is 10.1 Å². The van der Waals surface area contributed by atoms with E-state index in [4.69, 9.17) is 4.74 Å². The van der Waals surface area contributed by atoms with Crippen molar-refractivity contribution in [3.8, 4) is 5.75 Å². The number of rotatable bonds is 4. The van der Waals surface area contributed by atoms with Gasteiger partial charge in [0, 0.05) is 11.4 Å². The lowest BCUT2D eigenvalue weighted by Crippen LogP contribution is -2.23. The minimum Gasteiger partial charge on any atom is -0.426 e. The lowest BCUT2D eigenvalue weighted by Gasteiger charge is -2.16. The number of anilines is 2. The summed E-state index contributed by atoms with van der Waals surface area (Å²) in [5, 5.41) is 3.31. The fourth-order valence-corrected chi connectivity index (χ4v) is 3.54. The van der Waals surface area contributed by atoms with Gasteiger partial charge in [0.15, 0.2) is 0 Å². The minimum atomic E-state index is -0.0920. The zero-order valence-electron chi connectivity index (χ0n) is 12.8. The molecule has 1 fully saturated rings. The summed E-state index contributed by atoms with van der Waals surface area (Å²) in [6, 6.07) is 17.5.